The molecule has 4 heteroatoms. The fraction of sp³-hybridized carbons (Fsp3) is 0.133. The van der Waals surface area contributed by atoms with Crippen molar-refractivity contribution in [1.29, 1.82) is 0 Å². The molecule has 0 amide bonds. The summed E-state index contributed by atoms with van der Waals surface area (Å²) in [5.74, 6) is 0.0219. The minimum Gasteiger partial charge on any atom is -0.478 e. The van der Waals surface area contributed by atoms with Gasteiger partial charge in [0.25, 0.3) is 0 Å². The topological polar surface area (TPSA) is 72.5 Å². The van der Waals surface area contributed by atoms with Gasteiger partial charge in [0.1, 0.15) is 5.75 Å². The Bertz CT molecular complexity index is 635. The Morgan fingerprint density at radius 3 is 2.58 bits per heavy atom. The van der Waals surface area contributed by atoms with Crippen LogP contribution in [0, 0.1) is 13.8 Å². The average molecular weight is 257 g/mol. The lowest BCUT2D eigenvalue weighted by Gasteiger charge is -2.12. The molecule has 4 nitrogen and oxygen atoms in total. The van der Waals surface area contributed by atoms with Gasteiger partial charge < -0.3 is 15.6 Å². The molecule has 2 aromatic carbocycles. The van der Waals surface area contributed by atoms with Gasteiger partial charge in [0, 0.05) is 0 Å². The molecule has 0 saturated carbocycles. The highest BCUT2D eigenvalue weighted by atomic mass is 16.5. The largest absolute Gasteiger partial charge is 0.478 e. The number of hydrogen-bond donors (Lipinski definition) is 2. The van der Waals surface area contributed by atoms with E-state index in [0.717, 1.165) is 11.1 Å². The summed E-state index contributed by atoms with van der Waals surface area (Å²) in [5, 5.41) is 8.97. The molecule has 0 aliphatic carbocycles. The van der Waals surface area contributed by atoms with E-state index in [4.69, 9.17) is 15.6 Å². The maximum Gasteiger partial charge on any atom is 0.335 e. The second kappa shape index (κ2) is 5.02. The van der Waals surface area contributed by atoms with Crippen LogP contribution in [0.1, 0.15) is 21.5 Å². The standard InChI is InChI=1S/C15H15NO3/c1-9-4-3-5-13(10(9)2)19-14-8-11(15(17)18)6-7-12(14)16/h3-8H,16H2,1-2H3,(H,17,18). The lowest BCUT2D eigenvalue weighted by Crippen LogP contribution is -2.00. The van der Waals surface area contributed by atoms with E-state index in [1.165, 1.54) is 18.2 Å². The highest BCUT2D eigenvalue weighted by Crippen LogP contribution is 2.31. The molecule has 0 heterocycles. The van der Waals surface area contributed by atoms with Crippen LogP contribution >= 0.6 is 0 Å². The van der Waals surface area contributed by atoms with Gasteiger partial charge in [-0.15, -0.1) is 0 Å². The molecule has 0 bridgehead atoms. The summed E-state index contributed by atoms with van der Waals surface area (Å²) in [4.78, 5) is 10.9. The predicted octanol–water partition coefficient (Wildman–Crippen LogP) is 3.38. The fourth-order valence-corrected chi connectivity index (χ4v) is 1.71. The number of carbonyl (C=O) groups is 1. The van der Waals surface area contributed by atoms with Crippen molar-refractivity contribution < 1.29 is 14.6 Å². The maximum atomic E-state index is 10.9. The minimum atomic E-state index is -1.01. The van der Waals surface area contributed by atoms with Crippen molar-refractivity contribution in [2.45, 2.75) is 13.8 Å². The monoisotopic (exact) mass is 257 g/mol. The molecule has 19 heavy (non-hydrogen) atoms. The number of anilines is 1. The Balaban J connectivity index is 2.40. The third-order valence-electron chi connectivity index (χ3n) is 3.04. The van der Waals surface area contributed by atoms with E-state index < -0.39 is 5.97 Å². The zero-order valence-corrected chi connectivity index (χ0v) is 10.8. The molecule has 0 atom stereocenters. The fourth-order valence-electron chi connectivity index (χ4n) is 1.71. The Labute approximate surface area is 111 Å². The zero-order valence-electron chi connectivity index (χ0n) is 10.8. The van der Waals surface area contributed by atoms with Crippen molar-refractivity contribution in [3.63, 3.8) is 0 Å². The second-order valence-corrected chi connectivity index (χ2v) is 4.36. The number of carboxylic acids is 1. The van der Waals surface area contributed by atoms with E-state index in [2.05, 4.69) is 0 Å². The van der Waals surface area contributed by atoms with Gasteiger partial charge in [0.15, 0.2) is 5.75 Å². The third kappa shape index (κ3) is 2.68. The van der Waals surface area contributed by atoms with Gasteiger partial charge in [-0.25, -0.2) is 4.79 Å². The quantitative estimate of drug-likeness (QED) is 0.827. The summed E-state index contributed by atoms with van der Waals surface area (Å²) in [5.41, 5.74) is 8.47. The van der Waals surface area contributed by atoms with Crippen LogP contribution < -0.4 is 10.5 Å². The predicted molar refractivity (Wildman–Crippen MR) is 73.8 cm³/mol. The van der Waals surface area contributed by atoms with Gasteiger partial charge in [-0.2, -0.15) is 0 Å². The normalized spacial score (nSPS) is 10.2. The smallest absolute Gasteiger partial charge is 0.335 e. The highest BCUT2D eigenvalue weighted by molar-refractivity contribution is 5.89. The molecule has 2 aromatic rings. The van der Waals surface area contributed by atoms with Crippen molar-refractivity contribution in [2.24, 2.45) is 0 Å². The van der Waals surface area contributed by atoms with Crippen LogP contribution in [0.2, 0.25) is 0 Å². The molecule has 0 aliphatic rings. The first-order chi connectivity index (χ1) is 8.99. The van der Waals surface area contributed by atoms with Gasteiger partial charge in [-0.3, -0.25) is 0 Å². The molecule has 2 rings (SSSR count). The highest BCUT2D eigenvalue weighted by Gasteiger charge is 2.10. The van der Waals surface area contributed by atoms with E-state index in [9.17, 15) is 4.79 Å². The van der Waals surface area contributed by atoms with Gasteiger partial charge in [0.2, 0.25) is 0 Å². The molecule has 0 spiro atoms. The Morgan fingerprint density at radius 1 is 1.16 bits per heavy atom. The van der Waals surface area contributed by atoms with Crippen LogP contribution in [0.15, 0.2) is 36.4 Å². The number of aryl methyl sites for hydroxylation is 1. The van der Waals surface area contributed by atoms with Gasteiger partial charge >= 0.3 is 5.97 Å². The van der Waals surface area contributed by atoms with Crippen molar-refractivity contribution >= 4 is 11.7 Å². The summed E-state index contributed by atoms with van der Waals surface area (Å²) in [7, 11) is 0. The molecule has 0 aromatic heterocycles. The molecule has 0 radical (unpaired) electrons. The number of nitrogen functional groups attached to an aromatic ring is 1. The molecule has 0 saturated heterocycles. The van der Waals surface area contributed by atoms with E-state index >= 15 is 0 Å². The Hall–Kier alpha value is -2.49. The number of carboxylic acid groups (broad SMARTS) is 1. The van der Waals surface area contributed by atoms with E-state index in [1.807, 2.05) is 32.0 Å². The molecule has 0 aliphatic heterocycles. The Kier molecular flexibility index (Phi) is 3.42. The number of nitrogens with two attached hydrogens (primary N) is 1. The van der Waals surface area contributed by atoms with Crippen LogP contribution in [0.5, 0.6) is 11.5 Å². The maximum absolute atomic E-state index is 10.9. The van der Waals surface area contributed by atoms with Crippen LogP contribution in [0.25, 0.3) is 0 Å². The number of ether oxygens (including phenoxy) is 1. The van der Waals surface area contributed by atoms with Crippen molar-refractivity contribution in [3.05, 3.63) is 53.1 Å². The van der Waals surface area contributed by atoms with Gasteiger partial charge in [-0.1, -0.05) is 12.1 Å². The van der Waals surface area contributed by atoms with Crippen LogP contribution in [-0.2, 0) is 0 Å². The summed E-state index contributed by atoms with van der Waals surface area (Å²) in [6, 6.07) is 10.1. The van der Waals surface area contributed by atoms with Crippen molar-refractivity contribution in [2.75, 3.05) is 5.73 Å². The number of hydrogen-bond acceptors (Lipinski definition) is 3. The summed E-state index contributed by atoms with van der Waals surface area (Å²) < 4.78 is 5.72. The zero-order chi connectivity index (χ0) is 14.0. The van der Waals surface area contributed by atoms with E-state index in [1.54, 1.807) is 0 Å². The number of rotatable bonds is 3. The first kappa shape index (κ1) is 13.0. The molecule has 98 valence electrons. The van der Waals surface area contributed by atoms with Crippen LogP contribution in [-0.4, -0.2) is 11.1 Å². The number of aromatic carboxylic acids is 1. The van der Waals surface area contributed by atoms with Gasteiger partial charge in [-0.05, 0) is 49.2 Å². The molecule has 3 N–H and O–H groups in total. The molecular weight excluding hydrogens is 242 g/mol. The van der Waals surface area contributed by atoms with E-state index in [-0.39, 0.29) is 5.56 Å². The van der Waals surface area contributed by atoms with Crippen LogP contribution in [0.4, 0.5) is 5.69 Å². The number of benzene rings is 2. The average Bonchev–Trinajstić information content (AvgIpc) is 2.37. The Morgan fingerprint density at radius 2 is 1.89 bits per heavy atom. The lowest BCUT2D eigenvalue weighted by molar-refractivity contribution is 0.0696. The summed E-state index contributed by atoms with van der Waals surface area (Å²) in [6.45, 7) is 3.93. The summed E-state index contributed by atoms with van der Waals surface area (Å²) >= 11 is 0. The lowest BCUT2D eigenvalue weighted by atomic mass is 10.1. The second-order valence-electron chi connectivity index (χ2n) is 4.36. The first-order valence-electron chi connectivity index (χ1n) is 5.86. The van der Waals surface area contributed by atoms with Gasteiger partial charge in [0.05, 0.1) is 11.3 Å². The van der Waals surface area contributed by atoms with E-state index in [0.29, 0.717) is 17.2 Å². The first-order valence-corrected chi connectivity index (χ1v) is 5.86. The molecular formula is C15H15NO3. The third-order valence-corrected chi connectivity index (χ3v) is 3.04. The van der Waals surface area contributed by atoms with Crippen molar-refractivity contribution in [3.8, 4) is 11.5 Å². The minimum absolute atomic E-state index is 0.148. The molecule has 0 unspecified atom stereocenters. The summed E-state index contributed by atoms with van der Waals surface area (Å²) in [6.07, 6.45) is 0. The molecule has 0 fully saturated rings. The van der Waals surface area contributed by atoms with Crippen LogP contribution in [0.3, 0.4) is 0 Å². The van der Waals surface area contributed by atoms with Crippen molar-refractivity contribution in [1.82, 2.24) is 0 Å². The SMILES string of the molecule is Cc1cccc(Oc2cc(C(=O)O)ccc2N)c1C.